The number of piperazine rings is 1. The van der Waals surface area contributed by atoms with E-state index in [1.807, 2.05) is 0 Å². The average molecular weight is 315 g/mol. The van der Waals surface area contributed by atoms with Gasteiger partial charge < -0.3 is 10.2 Å². The van der Waals surface area contributed by atoms with E-state index in [4.69, 9.17) is 0 Å². The summed E-state index contributed by atoms with van der Waals surface area (Å²) in [5.41, 5.74) is 0.00135. The van der Waals surface area contributed by atoms with Gasteiger partial charge in [-0.15, -0.1) is 0 Å². The molecule has 1 fully saturated rings. The van der Waals surface area contributed by atoms with Crippen LogP contribution in [0, 0.1) is 10.1 Å². The Morgan fingerprint density at radius 2 is 2.33 bits per heavy atom. The van der Waals surface area contributed by atoms with Crippen LogP contribution in [0.2, 0.25) is 0 Å². The molecule has 1 aliphatic rings. The fraction of sp³-hybridized carbons (Fsp3) is 0.545. The van der Waals surface area contributed by atoms with Crippen LogP contribution in [0.15, 0.2) is 16.7 Å². The summed E-state index contributed by atoms with van der Waals surface area (Å²) in [5, 5.41) is 14.1. The predicted molar refractivity (Wildman–Crippen MR) is 72.9 cm³/mol. The van der Waals surface area contributed by atoms with Crippen LogP contribution in [-0.2, 0) is 0 Å². The highest BCUT2D eigenvalue weighted by Gasteiger charge is 2.25. The first-order valence-corrected chi connectivity index (χ1v) is 6.58. The molecule has 0 aromatic carbocycles. The van der Waals surface area contributed by atoms with Crippen LogP contribution in [0.4, 0.5) is 11.5 Å². The average Bonchev–Trinajstić information content (AvgIpc) is 2.32. The number of nitrogens with one attached hydrogen (secondary N) is 1. The van der Waals surface area contributed by atoms with Crippen molar-refractivity contribution in [1.82, 2.24) is 10.3 Å². The van der Waals surface area contributed by atoms with E-state index in [-0.39, 0.29) is 5.69 Å². The van der Waals surface area contributed by atoms with Crippen molar-refractivity contribution in [2.24, 2.45) is 0 Å². The van der Waals surface area contributed by atoms with Crippen molar-refractivity contribution in [3.63, 3.8) is 0 Å². The van der Waals surface area contributed by atoms with Crippen LogP contribution in [0.25, 0.3) is 0 Å². The lowest BCUT2D eigenvalue weighted by Crippen LogP contribution is -2.54. The van der Waals surface area contributed by atoms with E-state index in [0.717, 1.165) is 18.9 Å². The molecule has 2 unspecified atom stereocenters. The number of hydrogen-bond acceptors (Lipinski definition) is 5. The van der Waals surface area contributed by atoms with Gasteiger partial charge in [-0.3, -0.25) is 10.1 Å². The second-order valence-corrected chi connectivity index (χ2v) is 5.42. The Balaban J connectivity index is 2.30. The van der Waals surface area contributed by atoms with Crippen molar-refractivity contribution in [3.8, 4) is 0 Å². The molecular weight excluding hydrogens is 300 g/mol. The lowest BCUT2D eigenvalue weighted by molar-refractivity contribution is -0.385. The van der Waals surface area contributed by atoms with Crippen molar-refractivity contribution in [3.05, 3.63) is 26.9 Å². The minimum atomic E-state index is -0.439. The molecule has 0 radical (unpaired) electrons. The Hall–Kier alpha value is -1.21. The van der Waals surface area contributed by atoms with Crippen molar-refractivity contribution in [2.75, 3.05) is 18.0 Å². The summed E-state index contributed by atoms with van der Waals surface area (Å²) < 4.78 is 0.664. The van der Waals surface area contributed by atoms with Gasteiger partial charge in [0.1, 0.15) is 12.0 Å². The smallest absolute Gasteiger partial charge is 0.288 e. The minimum Gasteiger partial charge on any atom is -0.350 e. The van der Waals surface area contributed by atoms with E-state index < -0.39 is 4.92 Å². The van der Waals surface area contributed by atoms with Crippen molar-refractivity contribution in [1.29, 1.82) is 0 Å². The Morgan fingerprint density at radius 3 is 2.94 bits per heavy atom. The lowest BCUT2D eigenvalue weighted by atomic mass is 10.1. The third kappa shape index (κ3) is 2.62. The SMILES string of the molecule is CC1CN(c2ncc([N+](=O)[O-])cc2Br)C(C)CN1. The van der Waals surface area contributed by atoms with Gasteiger partial charge in [-0.05, 0) is 29.8 Å². The first-order valence-electron chi connectivity index (χ1n) is 5.79. The van der Waals surface area contributed by atoms with E-state index in [9.17, 15) is 10.1 Å². The number of halogens is 1. The molecule has 1 aromatic heterocycles. The maximum absolute atomic E-state index is 10.7. The van der Waals surface area contributed by atoms with Gasteiger partial charge in [-0.25, -0.2) is 4.98 Å². The Bertz CT molecular complexity index is 468. The minimum absolute atomic E-state index is 0.00135. The Kier molecular flexibility index (Phi) is 3.82. The van der Waals surface area contributed by atoms with E-state index in [2.05, 4.69) is 45.0 Å². The number of nitrogens with zero attached hydrogens (tertiary/aromatic N) is 3. The molecule has 6 nitrogen and oxygen atoms in total. The van der Waals surface area contributed by atoms with Gasteiger partial charge in [-0.2, -0.15) is 0 Å². The second kappa shape index (κ2) is 5.19. The summed E-state index contributed by atoms with van der Waals surface area (Å²) in [6.07, 6.45) is 1.31. The van der Waals surface area contributed by atoms with Crippen LogP contribution < -0.4 is 10.2 Å². The molecule has 1 aromatic rings. The van der Waals surface area contributed by atoms with Crippen LogP contribution in [0.3, 0.4) is 0 Å². The highest BCUT2D eigenvalue weighted by Crippen LogP contribution is 2.29. The molecule has 1 saturated heterocycles. The van der Waals surface area contributed by atoms with Gasteiger partial charge >= 0.3 is 0 Å². The molecule has 0 amide bonds. The molecule has 2 heterocycles. The monoisotopic (exact) mass is 314 g/mol. The Labute approximate surface area is 114 Å². The van der Waals surface area contributed by atoms with Gasteiger partial charge in [-0.1, -0.05) is 0 Å². The molecule has 0 saturated carbocycles. The normalized spacial score (nSPS) is 24.1. The van der Waals surface area contributed by atoms with E-state index in [1.165, 1.54) is 12.3 Å². The molecule has 98 valence electrons. The molecule has 2 atom stereocenters. The Morgan fingerprint density at radius 1 is 1.61 bits per heavy atom. The van der Waals surface area contributed by atoms with Gasteiger partial charge in [0.2, 0.25) is 0 Å². The lowest BCUT2D eigenvalue weighted by Gasteiger charge is -2.38. The van der Waals surface area contributed by atoms with E-state index in [1.54, 1.807) is 0 Å². The van der Waals surface area contributed by atoms with E-state index >= 15 is 0 Å². The largest absolute Gasteiger partial charge is 0.350 e. The van der Waals surface area contributed by atoms with Crippen molar-refractivity contribution in [2.45, 2.75) is 25.9 Å². The number of anilines is 1. The van der Waals surface area contributed by atoms with Gasteiger partial charge in [0, 0.05) is 31.2 Å². The van der Waals surface area contributed by atoms with Crippen LogP contribution in [-0.4, -0.2) is 35.1 Å². The standard InChI is InChI=1S/C11H15BrN4O2/c1-7-6-15(8(2)4-13-7)11-10(12)3-9(5-14-11)16(17)18/h3,5,7-8,13H,4,6H2,1-2H3. The maximum atomic E-state index is 10.7. The predicted octanol–water partition coefficient (Wildman–Crippen LogP) is 1.94. The molecule has 0 spiro atoms. The van der Waals surface area contributed by atoms with Crippen molar-refractivity contribution < 1.29 is 4.92 Å². The van der Waals surface area contributed by atoms with Gasteiger partial charge in [0.15, 0.2) is 0 Å². The number of rotatable bonds is 2. The molecular formula is C11H15BrN4O2. The molecule has 7 heteroatoms. The number of aromatic nitrogens is 1. The summed E-state index contributed by atoms with van der Waals surface area (Å²) in [7, 11) is 0. The summed E-state index contributed by atoms with van der Waals surface area (Å²) in [4.78, 5) is 16.6. The molecule has 2 rings (SSSR count). The number of pyridine rings is 1. The fourth-order valence-corrected chi connectivity index (χ4v) is 2.61. The third-order valence-electron chi connectivity index (χ3n) is 3.05. The quantitative estimate of drug-likeness (QED) is 0.667. The number of hydrogen-bond donors (Lipinski definition) is 1. The third-order valence-corrected chi connectivity index (χ3v) is 3.64. The van der Waals surface area contributed by atoms with Gasteiger partial charge in [0.25, 0.3) is 5.69 Å². The van der Waals surface area contributed by atoms with Crippen LogP contribution in [0.1, 0.15) is 13.8 Å². The zero-order valence-corrected chi connectivity index (χ0v) is 11.8. The fourth-order valence-electron chi connectivity index (χ4n) is 2.05. The molecule has 18 heavy (non-hydrogen) atoms. The second-order valence-electron chi connectivity index (χ2n) is 4.57. The van der Waals surface area contributed by atoms with E-state index in [0.29, 0.717) is 16.6 Å². The van der Waals surface area contributed by atoms with Gasteiger partial charge in [0.05, 0.1) is 9.40 Å². The molecule has 0 bridgehead atoms. The maximum Gasteiger partial charge on any atom is 0.288 e. The first kappa shape index (κ1) is 13.2. The summed E-state index contributed by atoms with van der Waals surface area (Å²) in [6.45, 7) is 5.93. The topological polar surface area (TPSA) is 71.3 Å². The zero-order valence-electron chi connectivity index (χ0n) is 10.3. The number of nitro groups is 1. The summed E-state index contributed by atoms with van der Waals surface area (Å²) >= 11 is 3.37. The summed E-state index contributed by atoms with van der Waals surface area (Å²) in [5.74, 6) is 0.765. The first-order chi connectivity index (χ1) is 8.49. The summed E-state index contributed by atoms with van der Waals surface area (Å²) in [6, 6.07) is 2.19. The highest BCUT2D eigenvalue weighted by atomic mass is 79.9. The molecule has 0 aliphatic carbocycles. The molecule has 1 aliphatic heterocycles. The van der Waals surface area contributed by atoms with Crippen LogP contribution >= 0.6 is 15.9 Å². The zero-order chi connectivity index (χ0) is 13.3. The van der Waals surface area contributed by atoms with Crippen molar-refractivity contribution >= 4 is 27.4 Å². The molecule has 1 N–H and O–H groups in total. The van der Waals surface area contributed by atoms with Crippen LogP contribution in [0.5, 0.6) is 0 Å². The highest BCUT2D eigenvalue weighted by molar-refractivity contribution is 9.10.